The highest BCUT2D eigenvalue weighted by atomic mass is 16.5. The molecule has 1 saturated heterocycles. The summed E-state index contributed by atoms with van der Waals surface area (Å²) in [6.07, 6.45) is 0. The van der Waals surface area contributed by atoms with E-state index in [0.717, 1.165) is 53.5 Å². The maximum Gasteiger partial charge on any atom is 0.254 e. The molecule has 1 amide bonds. The Hall–Kier alpha value is -2.80. The molecule has 140 valence electrons. The van der Waals surface area contributed by atoms with Crippen molar-refractivity contribution in [2.24, 2.45) is 0 Å². The van der Waals surface area contributed by atoms with E-state index in [9.17, 15) is 4.79 Å². The predicted molar refractivity (Wildman–Crippen MR) is 101 cm³/mol. The van der Waals surface area contributed by atoms with E-state index < -0.39 is 0 Å². The molecule has 0 N–H and O–H groups in total. The quantitative estimate of drug-likeness (QED) is 0.710. The van der Waals surface area contributed by atoms with Crippen molar-refractivity contribution in [2.75, 3.05) is 26.2 Å². The van der Waals surface area contributed by atoms with Crippen LogP contribution < -0.4 is 0 Å². The van der Waals surface area contributed by atoms with Crippen LogP contribution in [0.1, 0.15) is 33.2 Å². The van der Waals surface area contributed by atoms with E-state index in [1.54, 1.807) is 0 Å². The van der Waals surface area contributed by atoms with Gasteiger partial charge in [-0.1, -0.05) is 5.16 Å². The molecule has 0 atom stereocenters. The van der Waals surface area contributed by atoms with E-state index in [-0.39, 0.29) is 5.91 Å². The summed E-state index contributed by atoms with van der Waals surface area (Å²) in [6.45, 7) is 9.55. The Bertz CT molecular complexity index is 989. The van der Waals surface area contributed by atoms with Gasteiger partial charge in [0.1, 0.15) is 0 Å². The van der Waals surface area contributed by atoms with Crippen LogP contribution in [0.3, 0.4) is 0 Å². The molecule has 4 rings (SSSR count). The number of piperazine rings is 1. The summed E-state index contributed by atoms with van der Waals surface area (Å²) in [5, 5.41) is 3.92. The van der Waals surface area contributed by atoms with Crippen LogP contribution in [0.2, 0.25) is 0 Å². The fourth-order valence-corrected chi connectivity index (χ4v) is 3.37. The molecule has 1 aliphatic rings. The zero-order chi connectivity index (χ0) is 19.0. The lowest BCUT2D eigenvalue weighted by Crippen LogP contribution is -2.48. The fourth-order valence-electron chi connectivity index (χ4n) is 3.37. The molecule has 27 heavy (non-hydrogen) atoms. The second-order valence-corrected chi connectivity index (χ2v) is 7.10. The first-order valence-electron chi connectivity index (χ1n) is 9.18. The molecule has 0 spiro atoms. The minimum absolute atomic E-state index is 0.0482. The van der Waals surface area contributed by atoms with Crippen molar-refractivity contribution in [3.05, 3.63) is 52.7 Å². The van der Waals surface area contributed by atoms with E-state index in [1.165, 1.54) is 0 Å². The average molecular weight is 365 g/mol. The van der Waals surface area contributed by atoms with Crippen molar-refractivity contribution >= 4 is 16.9 Å². The third-order valence-corrected chi connectivity index (χ3v) is 5.04. The molecular formula is C20H23N5O2. The normalized spacial score (nSPS) is 15.4. The molecule has 1 aliphatic heterocycles. The number of carbonyl (C=O) groups is 1. The number of carbonyl (C=O) groups excluding carboxylic acids is 1. The maximum absolute atomic E-state index is 12.9. The molecule has 0 bridgehead atoms. The van der Waals surface area contributed by atoms with Gasteiger partial charge in [-0.05, 0) is 39.0 Å². The minimum Gasteiger partial charge on any atom is -0.360 e. The Balaban J connectivity index is 1.43. The molecule has 0 saturated carbocycles. The molecule has 3 aromatic rings. The molecule has 1 fully saturated rings. The van der Waals surface area contributed by atoms with Crippen LogP contribution in [0, 0.1) is 20.8 Å². The average Bonchev–Trinajstić information content (AvgIpc) is 3.07. The van der Waals surface area contributed by atoms with E-state index >= 15 is 0 Å². The predicted octanol–water partition coefficient (Wildman–Crippen LogP) is 2.50. The number of hydrogen-bond acceptors (Lipinski definition) is 6. The number of rotatable bonds is 3. The van der Waals surface area contributed by atoms with Gasteiger partial charge in [0.2, 0.25) is 0 Å². The Kier molecular flexibility index (Phi) is 4.61. The van der Waals surface area contributed by atoms with E-state index in [0.29, 0.717) is 18.7 Å². The Labute approximate surface area is 158 Å². The number of benzene rings is 1. The van der Waals surface area contributed by atoms with Gasteiger partial charge in [-0.25, -0.2) is 9.97 Å². The number of aromatic nitrogens is 3. The zero-order valence-electron chi connectivity index (χ0n) is 15.9. The van der Waals surface area contributed by atoms with Gasteiger partial charge < -0.3 is 9.42 Å². The number of hydrogen-bond donors (Lipinski definition) is 0. The second kappa shape index (κ2) is 7.08. The van der Waals surface area contributed by atoms with Crippen LogP contribution in [-0.4, -0.2) is 57.0 Å². The van der Waals surface area contributed by atoms with Gasteiger partial charge in [-0.3, -0.25) is 9.69 Å². The van der Waals surface area contributed by atoms with Crippen molar-refractivity contribution in [2.45, 2.75) is 27.3 Å². The zero-order valence-corrected chi connectivity index (χ0v) is 15.9. The van der Waals surface area contributed by atoms with Crippen LogP contribution in [0.25, 0.3) is 11.0 Å². The van der Waals surface area contributed by atoms with Crippen molar-refractivity contribution in [1.82, 2.24) is 24.9 Å². The van der Waals surface area contributed by atoms with Crippen molar-refractivity contribution < 1.29 is 9.32 Å². The van der Waals surface area contributed by atoms with E-state index in [1.807, 2.05) is 49.9 Å². The third-order valence-electron chi connectivity index (χ3n) is 5.04. The van der Waals surface area contributed by atoms with Crippen LogP contribution in [-0.2, 0) is 6.54 Å². The molecule has 2 aromatic heterocycles. The molecule has 1 aromatic carbocycles. The van der Waals surface area contributed by atoms with Gasteiger partial charge in [-0.15, -0.1) is 0 Å². The van der Waals surface area contributed by atoms with Crippen molar-refractivity contribution in [3.63, 3.8) is 0 Å². The number of nitrogens with zero attached hydrogens (tertiary/aromatic N) is 5. The molecule has 7 nitrogen and oxygen atoms in total. The number of amides is 1. The van der Waals surface area contributed by atoms with Crippen molar-refractivity contribution in [1.29, 1.82) is 0 Å². The Morgan fingerprint density at radius 1 is 1.00 bits per heavy atom. The van der Waals surface area contributed by atoms with Gasteiger partial charge in [0.15, 0.2) is 5.76 Å². The highest BCUT2D eigenvalue weighted by Crippen LogP contribution is 2.17. The molecule has 0 aliphatic carbocycles. The second-order valence-electron chi connectivity index (χ2n) is 7.10. The van der Waals surface area contributed by atoms with Gasteiger partial charge >= 0.3 is 0 Å². The van der Waals surface area contributed by atoms with Crippen LogP contribution in [0.5, 0.6) is 0 Å². The highest BCUT2D eigenvalue weighted by molar-refractivity contribution is 5.97. The Morgan fingerprint density at radius 2 is 1.70 bits per heavy atom. The summed E-state index contributed by atoms with van der Waals surface area (Å²) >= 11 is 0. The fraction of sp³-hybridized carbons (Fsp3) is 0.400. The van der Waals surface area contributed by atoms with Gasteiger partial charge in [-0.2, -0.15) is 0 Å². The third kappa shape index (κ3) is 3.68. The summed E-state index contributed by atoms with van der Waals surface area (Å²) < 4.78 is 5.28. The van der Waals surface area contributed by atoms with E-state index in [4.69, 9.17) is 4.52 Å². The molecule has 7 heteroatoms. The van der Waals surface area contributed by atoms with Crippen LogP contribution >= 0.6 is 0 Å². The first kappa shape index (κ1) is 17.6. The monoisotopic (exact) mass is 365 g/mol. The SMILES string of the molecule is Cc1cc(CN2CCN(C(=O)c3ccc4nc(C)c(C)nc4c3)CC2)on1. The summed E-state index contributed by atoms with van der Waals surface area (Å²) in [4.78, 5) is 26.2. The standard InChI is InChI=1S/C20H23N5O2/c1-13-10-17(27-23-13)12-24-6-8-25(9-7-24)20(26)16-4-5-18-19(11-16)22-15(3)14(2)21-18/h4-5,10-11H,6-9,12H2,1-3H3. The summed E-state index contributed by atoms with van der Waals surface area (Å²) in [7, 11) is 0. The highest BCUT2D eigenvalue weighted by Gasteiger charge is 2.23. The van der Waals surface area contributed by atoms with E-state index in [2.05, 4.69) is 20.0 Å². The van der Waals surface area contributed by atoms with Gasteiger partial charge in [0.25, 0.3) is 5.91 Å². The molecular weight excluding hydrogens is 342 g/mol. The smallest absolute Gasteiger partial charge is 0.254 e. The lowest BCUT2D eigenvalue weighted by molar-refractivity contribution is 0.0617. The summed E-state index contributed by atoms with van der Waals surface area (Å²) in [6, 6.07) is 7.53. The Morgan fingerprint density at radius 3 is 2.37 bits per heavy atom. The largest absolute Gasteiger partial charge is 0.360 e. The van der Waals surface area contributed by atoms with Gasteiger partial charge in [0, 0.05) is 37.8 Å². The molecule has 0 unspecified atom stereocenters. The van der Waals surface area contributed by atoms with Crippen LogP contribution in [0.4, 0.5) is 0 Å². The number of fused-ring (bicyclic) bond motifs is 1. The molecule has 0 radical (unpaired) electrons. The minimum atomic E-state index is 0.0482. The lowest BCUT2D eigenvalue weighted by atomic mass is 10.1. The topological polar surface area (TPSA) is 75.4 Å². The summed E-state index contributed by atoms with van der Waals surface area (Å²) in [5.41, 5.74) is 4.95. The first-order valence-corrected chi connectivity index (χ1v) is 9.18. The molecule has 3 heterocycles. The lowest BCUT2D eigenvalue weighted by Gasteiger charge is -2.34. The maximum atomic E-state index is 12.9. The first-order chi connectivity index (χ1) is 13.0. The summed E-state index contributed by atoms with van der Waals surface area (Å²) in [5.74, 6) is 0.915. The number of aryl methyl sites for hydroxylation is 3. The van der Waals surface area contributed by atoms with Crippen molar-refractivity contribution in [3.8, 4) is 0 Å². The van der Waals surface area contributed by atoms with Crippen LogP contribution in [0.15, 0.2) is 28.8 Å². The van der Waals surface area contributed by atoms with Gasteiger partial charge in [0.05, 0.1) is 34.7 Å².